The van der Waals surface area contributed by atoms with Gasteiger partial charge in [0.05, 0.1) is 5.69 Å². The lowest BCUT2D eigenvalue weighted by Crippen LogP contribution is -2.23. The molecule has 0 aliphatic heterocycles. The highest BCUT2D eigenvalue weighted by Crippen LogP contribution is 2.22. The zero-order chi connectivity index (χ0) is 18.6. The number of carbonyl (C=O) groups is 1. The number of amides is 1. The van der Waals surface area contributed by atoms with Crippen LogP contribution in [0.2, 0.25) is 0 Å². The van der Waals surface area contributed by atoms with E-state index < -0.39 is 6.36 Å². The largest absolute Gasteiger partial charge is 0.573 e. The number of aromatic amines is 1. The van der Waals surface area contributed by atoms with Gasteiger partial charge >= 0.3 is 6.36 Å². The molecule has 0 unspecified atom stereocenters. The molecule has 2 N–H and O–H groups in total. The van der Waals surface area contributed by atoms with E-state index in [0.29, 0.717) is 17.0 Å². The molecule has 0 aliphatic carbocycles. The molecule has 0 bridgehead atoms. The van der Waals surface area contributed by atoms with Crippen molar-refractivity contribution in [3.8, 4) is 17.0 Å². The Bertz CT molecular complexity index is 875. The summed E-state index contributed by atoms with van der Waals surface area (Å²) in [7, 11) is 0. The van der Waals surface area contributed by atoms with Gasteiger partial charge in [0.1, 0.15) is 11.4 Å². The Kier molecular flexibility index (Phi) is 4.92. The fourth-order valence-electron chi connectivity index (χ4n) is 2.28. The molecule has 0 aliphatic rings. The molecule has 3 aromatic rings. The van der Waals surface area contributed by atoms with Gasteiger partial charge in [-0.3, -0.25) is 9.89 Å². The van der Waals surface area contributed by atoms with Gasteiger partial charge in [0, 0.05) is 12.1 Å². The van der Waals surface area contributed by atoms with Gasteiger partial charge in [-0.15, -0.1) is 13.2 Å². The van der Waals surface area contributed by atoms with Crippen molar-refractivity contribution in [2.75, 3.05) is 0 Å². The molecule has 3 rings (SSSR count). The van der Waals surface area contributed by atoms with Crippen molar-refractivity contribution in [1.82, 2.24) is 15.5 Å². The molecule has 0 fully saturated rings. The number of halogens is 3. The molecule has 5 nitrogen and oxygen atoms in total. The third-order valence-corrected chi connectivity index (χ3v) is 3.50. The van der Waals surface area contributed by atoms with E-state index in [4.69, 9.17) is 0 Å². The Balaban J connectivity index is 1.58. The molecule has 2 aromatic carbocycles. The highest BCUT2D eigenvalue weighted by atomic mass is 19.4. The van der Waals surface area contributed by atoms with Gasteiger partial charge in [-0.2, -0.15) is 5.10 Å². The number of ether oxygens (including phenoxy) is 1. The molecule has 26 heavy (non-hydrogen) atoms. The zero-order valence-corrected chi connectivity index (χ0v) is 13.4. The van der Waals surface area contributed by atoms with Gasteiger partial charge in [0.2, 0.25) is 0 Å². The second kappa shape index (κ2) is 7.30. The van der Waals surface area contributed by atoms with Crippen LogP contribution in [0.25, 0.3) is 11.3 Å². The predicted octanol–water partition coefficient (Wildman–Crippen LogP) is 3.91. The Morgan fingerprint density at radius 1 is 1.08 bits per heavy atom. The molecule has 0 atom stereocenters. The van der Waals surface area contributed by atoms with Crippen molar-refractivity contribution in [3.63, 3.8) is 0 Å². The number of nitrogens with one attached hydrogen (secondary N) is 2. The van der Waals surface area contributed by atoms with Crippen LogP contribution in [0, 0.1) is 0 Å². The monoisotopic (exact) mass is 361 g/mol. The summed E-state index contributed by atoms with van der Waals surface area (Å²) in [6.45, 7) is 0.158. The van der Waals surface area contributed by atoms with E-state index >= 15 is 0 Å². The normalized spacial score (nSPS) is 11.2. The maximum absolute atomic E-state index is 12.2. The van der Waals surface area contributed by atoms with Crippen molar-refractivity contribution < 1.29 is 22.7 Å². The molecule has 0 radical (unpaired) electrons. The van der Waals surface area contributed by atoms with Gasteiger partial charge in [-0.25, -0.2) is 0 Å². The predicted molar refractivity (Wildman–Crippen MR) is 88.3 cm³/mol. The van der Waals surface area contributed by atoms with Crippen molar-refractivity contribution in [1.29, 1.82) is 0 Å². The van der Waals surface area contributed by atoms with E-state index in [0.717, 1.165) is 5.56 Å². The summed E-state index contributed by atoms with van der Waals surface area (Å²) in [5.74, 6) is -0.677. The summed E-state index contributed by atoms with van der Waals surface area (Å²) in [5, 5.41) is 9.44. The molecule has 1 heterocycles. The molecule has 134 valence electrons. The van der Waals surface area contributed by atoms with E-state index in [1.54, 1.807) is 6.07 Å². The molecular weight excluding hydrogens is 347 g/mol. The minimum atomic E-state index is -4.73. The summed E-state index contributed by atoms with van der Waals surface area (Å²) in [5.41, 5.74) is 2.45. The summed E-state index contributed by atoms with van der Waals surface area (Å²) in [6.07, 6.45) is -4.73. The van der Waals surface area contributed by atoms with Crippen molar-refractivity contribution in [2.45, 2.75) is 12.9 Å². The minimum Gasteiger partial charge on any atom is -0.406 e. The molecule has 0 saturated heterocycles. The van der Waals surface area contributed by atoms with Crippen LogP contribution in [0.15, 0.2) is 60.7 Å². The van der Waals surface area contributed by atoms with Crippen LogP contribution in [0.3, 0.4) is 0 Å². The average Bonchev–Trinajstić information content (AvgIpc) is 3.10. The zero-order valence-electron chi connectivity index (χ0n) is 13.4. The van der Waals surface area contributed by atoms with Crippen LogP contribution in [0.1, 0.15) is 16.1 Å². The third kappa shape index (κ3) is 4.62. The van der Waals surface area contributed by atoms with E-state index in [2.05, 4.69) is 20.3 Å². The van der Waals surface area contributed by atoms with Crippen molar-refractivity contribution in [2.24, 2.45) is 0 Å². The highest BCUT2D eigenvalue weighted by molar-refractivity contribution is 5.93. The van der Waals surface area contributed by atoms with Gasteiger partial charge in [-0.1, -0.05) is 42.5 Å². The molecule has 1 amide bonds. The number of benzene rings is 2. The average molecular weight is 361 g/mol. The summed E-state index contributed by atoms with van der Waals surface area (Å²) >= 11 is 0. The third-order valence-electron chi connectivity index (χ3n) is 3.50. The summed E-state index contributed by atoms with van der Waals surface area (Å²) in [4.78, 5) is 12.2. The summed E-state index contributed by atoms with van der Waals surface area (Å²) < 4.78 is 40.2. The van der Waals surface area contributed by atoms with Gasteiger partial charge in [0.15, 0.2) is 0 Å². The van der Waals surface area contributed by atoms with Gasteiger partial charge < -0.3 is 10.1 Å². The van der Waals surface area contributed by atoms with Gasteiger partial charge in [-0.05, 0) is 23.8 Å². The quantitative estimate of drug-likeness (QED) is 0.724. The van der Waals surface area contributed by atoms with Crippen LogP contribution >= 0.6 is 0 Å². The maximum Gasteiger partial charge on any atom is 0.573 e. The van der Waals surface area contributed by atoms with E-state index in [9.17, 15) is 18.0 Å². The second-order valence-corrected chi connectivity index (χ2v) is 5.41. The highest BCUT2D eigenvalue weighted by Gasteiger charge is 2.30. The molecule has 1 aromatic heterocycles. The van der Waals surface area contributed by atoms with Crippen LogP contribution in [0.5, 0.6) is 5.75 Å². The number of aromatic nitrogens is 2. The van der Waals surface area contributed by atoms with Crippen molar-refractivity contribution in [3.05, 3.63) is 71.9 Å². The summed E-state index contributed by atoms with van der Waals surface area (Å²) in [6, 6.07) is 16.3. The van der Waals surface area contributed by atoms with Crippen LogP contribution in [0.4, 0.5) is 13.2 Å². The number of carbonyl (C=O) groups excluding carboxylic acids is 1. The van der Waals surface area contributed by atoms with E-state index in [1.165, 1.54) is 24.3 Å². The fraction of sp³-hybridized carbons (Fsp3) is 0.111. The molecule has 8 heteroatoms. The Hall–Kier alpha value is -3.29. The van der Waals surface area contributed by atoms with E-state index in [-0.39, 0.29) is 18.2 Å². The number of alkyl halides is 3. The number of hydrogen-bond acceptors (Lipinski definition) is 3. The number of nitrogens with zero attached hydrogens (tertiary/aromatic N) is 1. The smallest absolute Gasteiger partial charge is 0.406 e. The van der Waals surface area contributed by atoms with Crippen LogP contribution in [-0.2, 0) is 6.54 Å². The molecule has 0 spiro atoms. The lowest BCUT2D eigenvalue weighted by atomic mass is 10.1. The van der Waals surface area contributed by atoms with E-state index in [1.807, 2.05) is 30.3 Å². The minimum absolute atomic E-state index is 0.158. The van der Waals surface area contributed by atoms with Crippen molar-refractivity contribution >= 4 is 5.91 Å². The maximum atomic E-state index is 12.2. The molecule has 0 saturated carbocycles. The lowest BCUT2D eigenvalue weighted by molar-refractivity contribution is -0.274. The Morgan fingerprint density at radius 2 is 1.77 bits per heavy atom. The Labute approximate surface area is 146 Å². The molecular formula is C18H14F3N3O2. The fourth-order valence-corrected chi connectivity index (χ4v) is 2.28. The number of rotatable bonds is 5. The van der Waals surface area contributed by atoms with Crippen LogP contribution < -0.4 is 10.1 Å². The number of H-pyrrole nitrogens is 1. The lowest BCUT2D eigenvalue weighted by Gasteiger charge is -2.09. The number of hydrogen-bond donors (Lipinski definition) is 2. The first kappa shape index (κ1) is 17.5. The Morgan fingerprint density at radius 3 is 2.42 bits per heavy atom. The first-order valence-electron chi connectivity index (χ1n) is 7.64. The standard InChI is InChI=1S/C18H14F3N3O2/c19-18(20,21)26-14-8-6-12(7-9-14)11-22-17(25)16-10-15(23-24-16)13-4-2-1-3-5-13/h1-10H,11H2,(H,22,25)(H,23,24). The van der Waals surface area contributed by atoms with Crippen LogP contribution in [-0.4, -0.2) is 22.5 Å². The first-order chi connectivity index (χ1) is 12.4. The SMILES string of the molecule is O=C(NCc1ccc(OC(F)(F)F)cc1)c1cc(-c2ccccc2)n[nH]1. The first-order valence-corrected chi connectivity index (χ1v) is 7.64. The topological polar surface area (TPSA) is 67.0 Å². The second-order valence-electron chi connectivity index (χ2n) is 5.41. The van der Waals surface area contributed by atoms with Gasteiger partial charge in [0.25, 0.3) is 5.91 Å².